The third-order valence-electron chi connectivity index (χ3n) is 10.9. The van der Waals surface area contributed by atoms with Gasteiger partial charge in [0.2, 0.25) is 0 Å². The summed E-state index contributed by atoms with van der Waals surface area (Å²) in [6.45, 7) is 13.9. The average molecular weight is 597 g/mol. The van der Waals surface area contributed by atoms with Gasteiger partial charge in [0, 0.05) is 60.4 Å². The van der Waals surface area contributed by atoms with E-state index in [0.29, 0.717) is 53.0 Å². The normalized spacial score (nSPS) is 29.8. The van der Waals surface area contributed by atoms with E-state index in [9.17, 15) is 4.79 Å². The Morgan fingerprint density at radius 2 is 1.88 bits per heavy atom. The van der Waals surface area contributed by atoms with Crippen LogP contribution in [0, 0.1) is 23.2 Å². The summed E-state index contributed by atoms with van der Waals surface area (Å²) in [6, 6.07) is 12.5. The number of fused-ring (bicyclic) bond motifs is 3. The summed E-state index contributed by atoms with van der Waals surface area (Å²) >= 11 is 12.4. The van der Waals surface area contributed by atoms with Crippen molar-refractivity contribution in [3.8, 4) is 0 Å². The molecule has 1 saturated heterocycles. The second-order valence-corrected chi connectivity index (χ2v) is 14.2. The number of carbonyl (C=O) groups is 1. The lowest BCUT2D eigenvalue weighted by Crippen LogP contribution is -2.65. The maximum absolute atomic E-state index is 13.2. The van der Waals surface area contributed by atoms with Crippen molar-refractivity contribution in [1.82, 2.24) is 14.7 Å². The first-order valence-corrected chi connectivity index (χ1v) is 16.0. The van der Waals surface area contributed by atoms with E-state index in [1.54, 1.807) is 6.07 Å². The highest BCUT2D eigenvalue weighted by Crippen LogP contribution is 2.62. The fraction of sp³-hybridized carbons (Fsp3) is 0.576. The Labute approximate surface area is 254 Å². The number of aliphatic imine (C=N–C) groups is 1. The zero-order chi connectivity index (χ0) is 29.1. The van der Waals surface area contributed by atoms with E-state index < -0.39 is 0 Å². The third kappa shape index (κ3) is 5.36. The van der Waals surface area contributed by atoms with Crippen LogP contribution in [-0.2, 0) is 12.8 Å². The number of carbonyl (C=O) groups excluding carboxylic acids is 1. The zero-order valence-corrected chi connectivity index (χ0v) is 26.3. The number of hydrogen-bond donors (Lipinski definition) is 1. The molecule has 0 spiro atoms. The number of nitrogens with zero attached hydrogens (tertiary/aromatic N) is 4. The summed E-state index contributed by atoms with van der Waals surface area (Å²) in [6.07, 6.45) is 4.24. The first-order valence-electron chi connectivity index (χ1n) is 15.2. The monoisotopic (exact) mass is 595 g/mol. The van der Waals surface area contributed by atoms with E-state index in [4.69, 9.17) is 33.9 Å². The van der Waals surface area contributed by atoms with Crippen molar-refractivity contribution >= 4 is 40.8 Å². The molecule has 2 bridgehead atoms. The van der Waals surface area contributed by atoms with Gasteiger partial charge >= 0.3 is 0 Å². The van der Waals surface area contributed by atoms with Gasteiger partial charge in [0.15, 0.2) is 5.96 Å². The van der Waals surface area contributed by atoms with E-state index in [0.717, 1.165) is 66.2 Å². The smallest absolute Gasteiger partial charge is 0.254 e. The van der Waals surface area contributed by atoms with Crippen LogP contribution in [0.2, 0.25) is 10.0 Å². The molecule has 6 nitrogen and oxygen atoms in total. The van der Waals surface area contributed by atoms with E-state index in [-0.39, 0.29) is 5.91 Å². The van der Waals surface area contributed by atoms with Crippen LogP contribution in [0.5, 0.6) is 0 Å². The fourth-order valence-electron chi connectivity index (χ4n) is 8.22. The molecule has 41 heavy (non-hydrogen) atoms. The number of nitrogens with two attached hydrogens (primary N) is 1. The number of guanidine groups is 1. The van der Waals surface area contributed by atoms with Gasteiger partial charge in [-0.05, 0) is 97.2 Å². The number of piperazine rings is 1. The second kappa shape index (κ2) is 11.1. The first kappa shape index (κ1) is 28.8. The van der Waals surface area contributed by atoms with E-state index in [2.05, 4.69) is 37.5 Å². The minimum atomic E-state index is 0.0581. The van der Waals surface area contributed by atoms with Crippen LogP contribution in [0.15, 0.2) is 41.4 Å². The highest BCUT2D eigenvalue weighted by Gasteiger charge is 2.57. The molecule has 8 heteroatoms. The molecule has 1 unspecified atom stereocenters. The molecule has 4 fully saturated rings. The molecule has 7 rings (SSSR count). The maximum Gasteiger partial charge on any atom is 0.254 e. The van der Waals surface area contributed by atoms with Gasteiger partial charge in [-0.2, -0.15) is 0 Å². The first-order chi connectivity index (χ1) is 19.5. The van der Waals surface area contributed by atoms with Gasteiger partial charge < -0.3 is 15.5 Å². The molecule has 0 radical (unpaired) electrons. The van der Waals surface area contributed by atoms with Crippen molar-refractivity contribution in [2.24, 2.45) is 33.9 Å². The fourth-order valence-corrected chi connectivity index (χ4v) is 8.72. The van der Waals surface area contributed by atoms with Crippen LogP contribution in [0.3, 0.4) is 0 Å². The molecule has 220 valence electrons. The summed E-state index contributed by atoms with van der Waals surface area (Å²) in [4.78, 5) is 24.9. The van der Waals surface area contributed by atoms with Gasteiger partial charge in [-0.25, -0.2) is 4.99 Å². The number of halogens is 2. The largest absolute Gasteiger partial charge is 0.369 e. The molecule has 1 amide bonds. The lowest BCUT2D eigenvalue weighted by atomic mass is 9.44. The van der Waals surface area contributed by atoms with Gasteiger partial charge in [-0.1, -0.05) is 50.0 Å². The third-order valence-corrected chi connectivity index (χ3v) is 11.5. The van der Waals surface area contributed by atoms with Gasteiger partial charge in [0.05, 0.1) is 5.69 Å². The summed E-state index contributed by atoms with van der Waals surface area (Å²) in [5.41, 5.74) is 10.7. The number of hydrogen-bond acceptors (Lipinski definition) is 3. The van der Waals surface area contributed by atoms with Crippen LogP contribution in [0.25, 0.3) is 0 Å². The van der Waals surface area contributed by atoms with Gasteiger partial charge in [0.1, 0.15) is 0 Å². The zero-order valence-electron chi connectivity index (χ0n) is 24.7. The Morgan fingerprint density at radius 3 is 2.59 bits per heavy atom. The van der Waals surface area contributed by atoms with Crippen LogP contribution < -0.4 is 5.73 Å². The molecule has 0 aromatic heterocycles. The van der Waals surface area contributed by atoms with Crippen molar-refractivity contribution in [2.45, 2.75) is 65.5 Å². The Bertz CT molecular complexity index is 1360. The molecule has 2 heterocycles. The second-order valence-electron chi connectivity index (χ2n) is 13.4. The summed E-state index contributed by atoms with van der Waals surface area (Å²) in [5.74, 6) is 3.10. The Balaban J connectivity index is 1.07. The van der Waals surface area contributed by atoms with Crippen molar-refractivity contribution in [3.05, 3.63) is 63.1 Å². The van der Waals surface area contributed by atoms with Crippen molar-refractivity contribution < 1.29 is 4.79 Å². The van der Waals surface area contributed by atoms with E-state index >= 15 is 0 Å². The molecule has 5 aliphatic rings. The topological polar surface area (TPSA) is 65.2 Å². The van der Waals surface area contributed by atoms with E-state index in [1.165, 1.54) is 12.8 Å². The molecule has 3 aliphatic carbocycles. The summed E-state index contributed by atoms with van der Waals surface area (Å²) < 4.78 is 0. The minimum absolute atomic E-state index is 0.0581. The van der Waals surface area contributed by atoms with Gasteiger partial charge in [-0.3, -0.25) is 9.69 Å². The van der Waals surface area contributed by atoms with E-state index in [1.807, 2.05) is 35.2 Å². The molecule has 5 atom stereocenters. The van der Waals surface area contributed by atoms with Gasteiger partial charge in [0.25, 0.3) is 5.91 Å². The minimum Gasteiger partial charge on any atom is -0.369 e. The molecular weight excluding hydrogens is 553 g/mol. The van der Waals surface area contributed by atoms with Crippen LogP contribution in [0.4, 0.5) is 5.69 Å². The standard InChI is InChI=1S/C33H43Cl2N5O/c1-20-19-39(13-14-40(20)30-17-24-16-28(21(30)2)33(24,3)4)32(36)37-26-7-8-27-23(15-26)10-12-38(31(27)41)11-9-22-5-6-25(34)18-29(22)35/h5-8,15,18,20-21,24,28,30H,9-14,16-17,19H2,1-4H3,(H2,36,37)/t20-,21+,24-,28-,30?/m0/s1. The quantitative estimate of drug-likeness (QED) is 0.327. The average Bonchev–Trinajstić information content (AvgIpc) is 2.93. The molecule has 3 saturated carbocycles. The molecule has 2 aromatic rings. The lowest BCUT2D eigenvalue weighted by molar-refractivity contribution is -0.147. The Kier molecular flexibility index (Phi) is 7.80. The summed E-state index contributed by atoms with van der Waals surface area (Å²) in [7, 11) is 0. The van der Waals surface area contributed by atoms with Crippen molar-refractivity contribution in [2.75, 3.05) is 32.7 Å². The highest BCUT2D eigenvalue weighted by molar-refractivity contribution is 6.35. The highest BCUT2D eigenvalue weighted by atomic mass is 35.5. The number of amides is 1. The van der Waals surface area contributed by atoms with Crippen LogP contribution in [0.1, 0.15) is 62.0 Å². The van der Waals surface area contributed by atoms with Crippen molar-refractivity contribution in [1.29, 1.82) is 0 Å². The number of benzene rings is 2. The predicted octanol–water partition coefficient (Wildman–Crippen LogP) is 6.26. The molecule has 2 aliphatic heterocycles. The maximum atomic E-state index is 13.2. The number of rotatable bonds is 5. The Morgan fingerprint density at radius 1 is 1.07 bits per heavy atom. The van der Waals surface area contributed by atoms with Crippen molar-refractivity contribution in [3.63, 3.8) is 0 Å². The van der Waals surface area contributed by atoms with Crippen LogP contribution >= 0.6 is 23.2 Å². The Hall–Kier alpha value is -2.28. The molecule has 2 N–H and O–H groups in total. The van der Waals surface area contributed by atoms with Gasteiger partial charge in [-0.15, -0.1) is 0 Å². The van der Waals surface area contributed by atoms with Crippen LogP contribution in [-0.4, -0.2) is 71.4 Å². The SMILES string of the molecule is C[C@H]1C(N2CCN(C(N)=Nc3ccc4c(c3)CCN(CCc3ccc(Cl)cc3Cl)C4=O)C[C@@H]2C)C[C@@H]2C[C@@H]1C2(C)C. The predicted molar refractivity (Wildman–Crippen MR) is 168 cm³/mol. The molecular formula is C33H43Cl2N5O. The summed E-state index contributed by atoms with van der Waals surface area (Å²) in [5, 5.41) is 1.26. The lowest BCUT2D eigenvalue weighted by Gasteiger charge is -2.64. The molecule has 2 aromatic carbocycles.